The van der Waals surface area contributed by atoms with Crippen molar-refractivity contribution in [2.75, 3.05) is 13.2 Å². The summed E-state index contributed by atoms with van der Waals surface area (Å²) in [7, 11) is 0. The summed E-state index contributed by atoms with van der Waals surface area (Å²) < 4.78 is 16.2. The van der Waals surface area contributed by atoms with Crippen molar-refractivity contribution in [3.05, 3.63) is 52.0 Å². The van der Waals surface area contributed by atoms with Crippen LogP contribution >= 0.6 is 11.6 Å². The number of benzene rings is 2. The Kier molecular flexibility index (Phi) is 6.26. The summed E-state index contributed by atoms with van der Waals surface area (Å²) in [6, 6.07) is 10.5. The maximum Gasteiger partial charge on any atom is 0.349 e. The van der Waals surface area contributed by atoms with E-state index in [2.05, 4.69) is 0 Å². The molecule has 0 saturated heterocycles. The van der Waals surface area contributed by atoms with Crippen LogP contribution in [-0.2, 0) is 4.79 Å². The van der Waals surface area contributed by atoms with Crippen molar-refractivity contribution < 1.29 is 19.0 Å². The van der Waals surface area contributed by atoms with Crippen molar-refractivity contribution in [1.29, 1.82) is 5.26 Å². The molecule has 0 aliphatic heterocycles. The van der Waals surface area contributed by atoms with E-state index in [1.165, 1.54) is 12.1 Å². The molecule has 0 aromatic heterocycles. The molecule has 0 unspecified atom stereocenters. The van der Waals surface area contributed by atoms with Crippen molar-refractivity contribution in [2.45, 2.75) is 20.8 Å². The van der Waals surface area contributed by atoms with E-state index in [1.54, 1.807) is 6.92 Å². The molecule has 2 rings (SSSR count). The van der Waals surface area contributed by atoms with Crippen molar-refractivity contribution in [2.24, 2.45) is 0 Å². The zero-order chi connectivity index (χ0) is 18.4. The molecular weight excluding hydrogens is 342 g/mol. The van der Waals surface area contributed by atoms with Crippen molar-refractivity contribution in [1.82, 2.24) is 0 Å². The molecule has 130 valence electrons. The molecule has 0 spiro atoms. The number of esters is 1. The first kappa shape index (κ1) is 18.6. The third-order valence-electron chi connectivity index (χ3n) is 3.21. The van der Waals surface area contributed by atoms with Crippen LogP contribution in [0.1, 0.15) is 23.6 Å². The number of carbonyl (C=O) groups is 1. The number of aryl methyl sites for hydroxylation is 2. The number of carbonyl (C=O) groups excluding carboxylic acids is 1. The Morgan fingerprint density at radius 2 is 1.80 bits per heavy atom. The zero-order valence-electron chi connectivity index (χ0n) is 14.3. The van der Waals surface area contributed by atoms with Gasteiger partial charge in [-0.1, -0.05) is 17.7 Å². The number of hydrogen-bond acceptors (Lipinski definition) is 5. The lowest BCUT2D eigenvalue weighted by molar-refractivity contribution is -0.136. The van der Waals surface area contributed by atoms with Gasteiger partial charge >= 0.3 is 5.97 Å². The Morgan fingerprint density at radius 3 is 2.40 bits per heavy atom. The predicted octanol–water partition coefficient (Wildman–Crippen LogP) is 4.21. The van der Waals surface area contributed by atoms with Gasteiger partial charge in [0.1, 0.15) is 5.75 Å². The lowest BCUT2D eigenvalue weighted by atomic mass is 10.1. The largest absolute Gasteiger partial charge is 0.490 e. The van der Waals surface area contributed by atoms with Crippen LogP contribution in [0.4, 0.5) is 0 Å². The molecule has 2 aromatic rings. The maximum absolute atomic E-state index is 12.1. The molecule has 0 atom stereocenters. The van der Waals surface area contributed by atoms with E-state index >= 15 is 0 Å². The second kappa shape index (κ2) is 8.41. The fourth-order valence-electron chi connectivity index (χ4n) is 2.30. The summed E-state index contributed by atoms with van der Waals surface area (Å²) in [6.45, 7) is 5.74. The highest BCUT2D eigenvalue weighted by Gasteiger charge is 2.17. The van der Waals surface area contributed by atoms with Crippen LogP contribution in [0.3, 0.4) is 0 Å². The molecule has 2 aromatic carbocycles. The number of hydrogen-bond donors (Lipinski definition) is 0. The molecule has 0 N–H and O–H groups in total. The van der Waals surface area contributed by atoms with Gasteiger partial charge in [-0.25, -0.2) is 4.79 Å². The highest BCUT2D eigenvalue weighted by atomic mass is 35.5. The minimum atomic E-state index is -0.619. The highest BCUT2D eigenvalue weighted by Crippen LogP contribution is 2.36. The first-order valence-corrected chi connectivity index (χ1v) is 8.09. The standard InChI is InChI=1S/C19H18ClNO4/c1-4-23-17-9-14(10-21)8-16(20)19(17)25-18(22)11-24-15-6-12(2)5-13(3)7-15/h5-9H,4,11H2,1-3H3. The predicted molar refractivity (Wildman–Crippen MR) is 94.4 cm³/mol. The number of nitriles is 1. The Morgan fingerprint density at radius 1 is 1.12 bits per heavy atom. The van der Waals surface area contributed by atoms with Gasteiger partial charge < -0.3 is 14.2 Å². The number of halogens is 1. The van der Waals surface area contributed by atoms with Gasteiger partial charge in [0.2, 0.25) is 0 Å². The zero-order valence-corrected chi connectivity index (χ0v) is 15.0. The summed E-state index contributed by atoms with van der Waals surface area (Å²) >= 11 is 6.10. The van der Waals surface area contributed by atoms with Gasteiger partial charge in [-0.3, -0.25) is 0 Å². The van der Waals surface area contributed by atoms with Crippen LogP contribution in [0, 0.1) is 25.2 Å². The van der Waals surface area contributed by atoms with E-state index in [-0.39, 0.29) is 23.1 Å². The molecule has 0 fully saturated rings. The van der Waals surface area contributed by atoms with Gasteiger partial charge in [0.05, 0.1) is 23.3 Å². The van der Waals surface area contributed by atoms with Crippen LogP contribution in [0.5, 0.6) is 17.2 Å². The van der Waals surface area contributed by atoms with Crippen LogP contribution in [0.25, 0.3) is 0 Å². The Hall–Kier alpha value is -2.71. The lowest BCUT2D eigenvalue weighted by Crippen LogP contribution is -2.18. The van der Waals surface area contributed by atoms with E-state index in [0.29, 0.717) is 17.9 Å². The van der Waals surface area contributed by atoms with E-state index in [1.807, 2.05) is 38.1 Å². The Balaban J connectivity index is 2.10. The first-order valence-electron chi connectivity index (χ1n) is 7.71. The minimum absolute atomic E-state index is 0.0801. The first-order chi connectivity index (χ1) is 11.9. The van der Waals surface area contributed by atoms with Gasteiger partial charge in [-0.05, 0) is 50.1 Å². The summed E-state index contributed by atoms with van der Waals surface area (Å²) in [6.07, 6.45) is 0. The Bertz CT molecular complexity index is 807. The summed E-state index contributed by atoms with van der Waals surface area (Å²) in [5.74, 6) is 0.292. The second-order valence-electron chi connectivity index (χ2n) is 5.42. The average Bonchev–Trinajstić information content (AvgIpc) is 2.55. The van der Waals surface area contributed by atoms with Gasteiger partial charge in [0, 0.05) is 6.07 Å². The van der Waals surface area contributed by atoms with E-state index < -0.39 is 5.97 Å². The third kappa shape index (κ3) is 5.13. The van der Waals surface area contributed by atoms with Crippen LogP contribution < -0.4 is 14.2 Å². The van der Waals surface area contributed by atoms with Gasteiger partial charge in [0.25, 0.3) is 0 Å². The molecule has 25 heavy (non-hydrogen) atoms. The quantitative estimate of drug-likeness (QED) is 0.570. The van der Waals surface area contributed by atoms with E-state index in [4.69, 9.17) is 31.1 Å². The van der Waals surface area contributed by atoms with Crippen molar-refractivity contribution >= 4 is 17.6 Å². The fourth-order valence-corrected chi connectivity index (χ4v) is 2.55. The molecule has 0 aliphatic carbocycles. The monoisotopic (exact) mass is 359 g/mol. The molecular formula is C19H18ClNO4. The van der Waals surface area contributed by atoms with Gasteiger partial charge in [-0.15, -0.1) is 0 Å². The highest BCUT2D eigenvalue weighted by molar-refractivity contribution is 6.32. The molecule has 0 amide bonds. The van der Waals surface area contributed by atoms with Crippen molar-refractivity contribution in [3.63, 3.8) is 0 Å². The average molecular weight is 360 g/mol. The van der Waals surface area contributed by atoms with Crippen LogP contribution in [0.15, 0.2) is 30.3 Å². The maximum atomic E-state index is 12.1. The molecule has 0 bridgehead atoms. The fraction of sp³-hybridized carbons (Fsp3) is 0.263. The lowest BCUT2D eigenvalue weighted by Gasteiger charge is -2.13. The minimum Gasteiger partial charge on any atom is -0.490 e. The number of rotatable bonds is 6. The third-order valence-corrected chi connectivity index (χ3v) is 3.49. The second-order valence-corrected chi connectivity index (χ2v) is 5.82. The summed E-state index contributed by atoms with van der Waals surface area (Å²) in [5, 5.41) is 9.12. The number of nitrogens with zero attached hydrogens (tertiary/aromatic N) is 1. The molecule has 0 saturated carbocycles. The summed E-state index contributed by atoms with van der Waals surface area (Å²) in [4.78, 5) is 12.1. The molecule has 6 heteroatoms. The SMILES string of the molecule is CCOc1cc(C#N)cc(Cl)c1OC(=O)COc1cc(C)cc(C)c1. The smallest absolute Gasteiger partial charge is 0.349 e. The van der Waals surface area contributed by atoms with E-state index in [9.17, 15) is 4.79 Å². The van der Waals surface area contributed by atoms with Gasteiger partial charge in [0.15, 0.2) is 18.1 Å². The molecule has 0 heterocycles. The molecule has 0 aliphatic rings. The van der Waals surface area contributed by atoms with Gasteiger partial charge in [-0.2, -0.15) is 5.26 Å². The summed E-state index contributed by atoms with van der Waals surface area (Å²) in [5.41, 5.74) is 2.40. The van der Waals surface area contributed by atoms with Crippen molar-refractivity contribution in [3.8, 4) is 23.3 Å². The molecule has 5 nitrogen and oxygen atoms in total. The normalized spacial score (nSPS) is 10.0. The Labute approximate surface area is 151 Å². The van der Waals surface area contributed by atoms with Crippen LogP contribution in [0.2, 0.25) is 5.02 Å². The topological polar surface area (TPSA) is 68.5 Å². The molecule has 0 radical (unpaired) electrons. The van der Waals surface area contributed by atoms with E-state index in [0.717, 1.165) is 11.1 Å². The number of ether oxygens (including phenoxy) is 3. The van der Waals surface area contributed by atoms with Crippen LogP contribution in [-0.4, -0.2) is 19.2 Å².